The van der Waals surface area contributed by atoms with Gasteiger partial charge in [-0.15, -0.1) is 10.8 Å². The van der Waals surface area contributed by atoms with Crippen molar-refractivity contribution in [3.8, 4) is 0 Å². The molecule has 2 N–H and O–H groups in total. The largest absolute Gasteiger partial charge is 0.282 e. The van der Waals surface area contributed by atoms with Gasteiger partial charge in [0, 0.05) is 11.8 Å². The van der Waals surface area contributed by atoms with E-state index in [0.717, 1.165) is 12.8 Å². The third kappa shape index (κ3) is 1.23. The van der Waals surface area contributed by atoms with E-state index in [2.05, 4.69) is 13.8 Å². The first-order valence-corrected chi connectivity index (χ1v) is 8.51. The molecule has 3 atom stereocenters. The molecule has 3 aliphatic rings. The average molecular weight is 273 g/mol. The van der Waals surface area contributed by atoms with E-state index in [1.807, 2.05) is 0 Å². The van der Waals surface area contributed by atoms with Gasteiger partial charge in [-0.2, -0.15) is 0 Å². The Morgan fingerprint density at radius 3 is 2.67 bits per heavy atom. The summed E-state index contributed by atoms with van der Waals surface area (Å²) in [4.78, 5) is 12.1. The summed E-state index contributed by atoms with van der Waals surface area (Å²) >= 11 is 0. The van der Waals surface area contributed by atoms with Crippen LogP contribution in [0.1, 0.15) is 46.5 Å². The average Bonchev–Trinajstić information content (AvgIpc) is 2.74. The van der Waals surface area contributed by atoms with Gasteiger partial charge in [-0.05, 0) is 30.6 Å². The van der Waals surface area contributed by atoms with Gasteiger partial charge in [0.25, 0.3) is 0 Å². The van der Waals surface area contributed by atoms with Crippen LogP contribution in [0.5, 0.6) is 0 Å². The van der Waals surface area contributed by atoms with E-state index in [1.165, 1.54) is 10.7 Å². The summed E-state index contributed by atoms with van der Waals surface area (Å²) in [6.45, 7) is 6.29. The predicted molar refractivity (Wildman–Crippen MR) is 72.2 cm³/mol. The first-order chi connectivity index (χ1) is 8.26. The third-order valence-electron chi connectivity index (χ3n) is 5.99. The molecule has 3 fully saturated rings. The van der Waals surface area contributed by atoms with Crippen molar-refractivity contribution in [3.05, 3.63) is 0 Å². The second kappa shape index (κ2) is 3.44. The van der Waals surface area contributed by atoms with Gasteiger partial charge in [0.2, 0.25) is 5.91 Å². The number of nitrogens with zero attached hydrogens (tertiary/aromatic N) is 1. The first kappa shape index (κ1) is 12.8. The molecular weight excluding hydrogens is 250 g/mol. The molecule has 0 aromatic carbocycles. The number of hydrogen-bond acceptors (Lipinski definition) is 3. The highest BCUT2D eigenvalue weighted by Crippen LogP contribution is 2.76. The number of rotatable bonds is 1. The molecule has 2 saturated carbocycles. The Bertz CT molecular complexity index is 409. The molecule has 1 saturated heterocycles. The Hall–Kier alpha value is -0.260. The van der Waals surface area contributed by atoms with Crippen LogP contribution in [-0.2, 0) is 4.79 Å². The summed E-state index contributed by atoms with van der Waals surface area (Å²) in [5.41, 5.74) is 0.0749. The van der Waals surface area contributed by atoms with Gasteiger partial charge in [-0.3, -0.25) is 13.9 Å². The minimum atomic E-state index is -2.89. The highest BCUT2D eigenvalue weighted by Gasteiger charge is 2.72. The molecule has 0 aromatic heterocycles. The number of carbonyl (C=O) groups is 1. The van der Waals surface area contributed by atoms with Crippen LogP contribution in [0.2, 0.25) is 0 Å². The van der Waals surface area contributed by atoms with Crippen LogP contribution in [0.15, 0.2) is 0 Å². The lowest BCUT2D eigenvalue weighted by Gasteiger charge is -2.40. The molecule has 5 heteroatoms. The van der Waals surface area contributed by atoms with Gasteiger partial charge in [0.1, 0.15) is 0 Å². The van der Waals surface area contributed by atoms with E-state index >= 15 is 0 Å². The van der Waals surface area contributed by atoms with E-state index in [0.29, 0.717) is 18.1 Å². The van der Waals surface area contributed by atoms with E-state index in [1.54, 1.807) is 6.92 Å². The molecular formula is C13H23NO3S. The molecule has 0 radical (unpaired) electrons. The number of fused-ring (bicyclic) bond motifs is 1. The Labute approximate surface area is 110 Å². The second-order valence-corrected chi connectivity index (χ2v) is 8.66. The zero-order valence-corrected chi connectivity index (χ0v) is 12.2. The summed E-state index contributed by atoms with van der Waals surface area (Å²) < 4.78 is 22.2. The Balaban J connectivity index is 2.05. The van der Waals surface area contributed by atoms with Crippen molar-refractivity contribution < 1.29 is 13.9 Å². The highest BCUT2D eigenvalue weighted by atomic mass is 32.3. The topological polar surface area (TPSA) is 60.8 Å². The van der Waals surface area contributed by atoms with Crippen molar-refractivity contribution in [1.29, 1.82) is 0 Å². The molecule has 3 rings (SSSR count). The first-order valence-electron chi connectivity index (χ1n) is 6.84. The number of hydrogen-bond donors (Lipinski definition) is 2. The molecule has 1 heterocycles. The normalized spacial score (nSPS) is 45.1. The molecule has 0 unspecified atom stereocenters. The van der Waals surface area contributed by atoms with Crippen LogP contribution < -0.4 is 0 Å². The molecule has 4 nitrogen and oxygen atoms in total. The molecule has 2 bridgehead atoms. The second-order valence-electron chi connectivity index (χ2n) is 6.71. The maximum absolute atomic E-state index is 12.1. The molecule has 104 valence electrons. The fourth-order valence-corrected chi connectivity index (χ4v) is 7.50. The zero-order chi connectivity index (χ0) is 13.3. The third-order valence-corrected chi connectivity index (χ3v) is 7.98. The SMILES string of the molecule is CCC(=O)N1[C@@H]2C[C@H]3CC[C@]2(CS1(O)O)C3(C)C. The summed E-state index contributed by atoms with van der Waals surface area (Å²) in [5, 5.41) is 0. The van der Waals surface area contributed by atoms with Crippen LogP contribution in [0, 0.1) is 16.7 Å². The van der Waals surface area contributed by atoms with E-state index in [4.69, 9.17) is 0 Å². The van der Waals surface area contributed by atoms with Crippen LogP contribution >= 0.6 is 10.8 Å². The highest BCUT2D eigenvalue weighted by molar-refractivity contribution is 8.22. The Kier molecular flexibility index (Phi) is 2.44. The summed E-state index contributed by atoms with van der Waals surface area (Å²) in [6.07, 6.45) is 3.52. The predicted octanol–water partition coefficient (Wildman–Crippen LogP) is 3.10. The van der Waals surface area contributed by atoms with Crippen LogP contribution in [-0.4, -0.2) is 31.1 Å². The van der Waals surface area contributed by atoms with Gasteiger partial charge >= 0.3 is 0 Å². The fraction of sp³-hybridized carbons (Fsp3) is 0.923. The van der Waals surface area contributed by atoms with Crippen LogP contribution in [0.4, 0.5) is 0 Å². The number of amides is 1. The van der Waals surface area contributed by atoms with Crippen LogP contribution in [0.3, 0.4) is 0 Å². The van der Waals surface area contributed by atoms with Crippen molar-refractivity contribution in [2.24, 2.45) is 16.7 Å². The summed E-state index contributed by atoms with van der Waals surface area (Å²) in [7, 11) is -2.89. The molecule has 1 amide bonds. The van der Waals surface area contributed by atoms with Crippen LogP contribution in [0.25, 0.3) is 0 Å². The monoisotopic (exact) mass is 273 g/mol. The van der Waals surface area contributed by atoms with Gasteiger partial charge in [-0.1, -0.05) is 20.8 Å². The Morgan fingerprint density at radius 1 is 1.44 bits per heavy atom. The maximum Gasteiger partial charge on any atom is 0.240 e. The lowest BCUT2D eigenvalue weighted by molar-refractivity contribution is -0.129. The maximum atomic E-state index is 12.1. The fourth-order valence-electron chi connectivity index (χ4n) is 4.81. The summed E-state index contributed by atoms with van der Waals surface area (Å²) in [6, 6.07) is 0.0590. The van der Waals surface area contributed by atoms with Crippen molar-refractivity contribution in [2.45, 2.75) is 52.5 Å². The van der Waals surface area contributed by atoms with Crippen molar-refractivity contribution >= 4 is 16.7 Å². The number of carbonyl (C=O) groups excluding carboxylic acids is 1. The lowest BCUT2D eigenvalue weighted by Crippen LogP contribution is -2.43. The van der Waals surface area contributed by atoms with Gasteiger partial charge in [0.05, 0.1) is 11.8 Å². The van der Waals surface area contributed by atoms with Gasteiger partial charge in [0.15, 0.2) is 0 Å². The van der Waals surface area contributed by atoms with E-state index in [-0.39, 0.29) is 22.8 Å². The molecule has 0 aromatic rings. The standard InChI is InChI=1S/C13H23NO3S/c1-4-11(15)14-10-7-9-5-6-13(10,12(9,2)3)8-18(14,16)17/h9-10,16-17H,4-8H2,1-3H3/t9-,10-,13-/m1/s1. The lowest BCUT2D eigenvalue weighted by atomic mass is 9.69. The van der Waals surface area contributed by atoms with Crippen molar-refractivity contribution in [1.82, 2.24) is 4.31 Å². The summed E-state index contributed by atoms with van der Waals surface area (Å²) in [5.74, 6) is 0.935. The quantitative estimate of drug-likeness (QED) is 0.771. The van der Waals surface area contributed by atoms with Crippen molar-refractivity contribution in [2.75, 3.05) is 5.75 Å². The smallest absolute Gasteiger partial charge is 0.240 e. The molecule has 2 aliphatic carbocycles. The zero-order valence-electron chi connectivity index (χ0n) is 11.3. The molecule has 18 heavy (non-hydrogen) atoms. The Morgan fingerprint density at radius 2 is 2.11 bits per heavy atom. The molecule has 1 spiro atoms. The van der Waals surface area contributed by atoms with Gasteiger partial charge in [-0.25, -0.2) is 4.31 Å². The van der Waals surface area contributed by atoms with Gasteiger partial charge < -0.3 is 0 Å². The van der Waals surface area contributed by atoms with E-state index < -0.39 is 10.8 Å². The molecule has 1 aliphatic heterocycles. The van der Waals surface area contributed by atoms with Crippen molar-refractivity contribution in [3.63, 3.8) is 0 Å². The minimum absolute atomic E-state index is 0.0542. The minimum Gasteiger partial charge on any atom is -0.282 e. The van der Waals surface area contributed by atoms with E-state index in [9.17, 15) is 13.9 Å².